The maximum absolute atomic E-state index is 2.82. The van der Waals surface area contributed by atoms with Gasteiger partial charge in [-0.25, -0.2) is 0 Å². The average Bonchev–Trinajstić information content (AvgIpc) is 2.46. The topological polar surface area (TPSA) is 0 Å². The van der Waals surface area contributed by atoms with Crippen LogP contribution in [-0.2, 0) is 0 Å². The Morgan fingerprint density at radius 3 is 1.52 bits per heavy atom. The molecule has 21 heavy (non-hydrogen) atoms. The van der Waals surface area contributed by atoms with E-state index in [9.17, 15) is 0 Å². The quantitative estimate of drug-likeness (QED) is 0.157. The Kier molecular flexibility index (Phi) is 18.4. The first-order valence-electron chi connectivity index (χ1n) is 9.62. The number of hydrogen-bond acceptors (Lipinski definition) is 0. The molecule has 0 radical (unpaired) electrons. The summed E-state index contributed by atoms with van der Waals surface area (Å²) in [5.41, 5.74) is 0. The third-order valence-corrected chi connectivity index (χ3v) is 4.55. The molecule has 0 amide bonds. The molecule has 1 atom stereocenters. The highest BCUT2D eigenvalue weighted by molar-refractivity contribution is 7.16. The fourth-order valence-electron chi connectivity index (χ4n) is 2.69. The van der Waals surface area contributed by atoms with E-state index in [2.05, 4.69) is 35.2 Å². The predicted molar refractivity (Wildman–Crippen MR) is 103 cm³/mol. The van der Waals surface area contributed by atoms with Crippen molar-refractivity contribution in [2.45, 2.75) is 104 Å². The van der Waals surface area contributed by atoms with Crippen LogP contribution in [0, 0.1) is 5.92 Å². The van der Waals surface area contributed by atoms with E-state index >= 15 is 0 Å². The first kappa shape index (κ1) is 21.2. The molecule has 126 valence electrons. The van der Waals surface area contributed by atoms with Crippen molar-refractivity contribution in [1.29, 1.82) is 0 Å². The van der Waals surface area contributed by atoms with Gasteiger partial charge in [-0.2, -0.15) is 0 Å². The van der Waals surface area contributed by atoms with Crippen molar-refractivity contribution >= 4 is 9.24 Å². The van der Waals surface area contributed by atoms with Gasteiger partial charge < -0.3 is 0 Å². The third kappa shape index (κ3) is 20.2. The van der Waals surface area contributed by atoms with Crippen molar-refractivity contribution in [1.82, 2.24) is 0 Å². The van der Waals surface area contributed by atoms with Gasteiger partial charge in [0.25, 0.3) is 0 Å². The summed E-state index contributed by atoms with van der Waals surface area (Å²) in [5.74, 6) is 0.888. The first-order valence-corrected chi connectivity index (χ1v) is 10.4. The lowest BCUT2D eigenvalue weighted by Crippen LogP contribution is -1.87. The van der Waals surface area contributed by atoms with Crippen LogP contribution in [0.3, 0.4) is 0 Å². The minimum absolute atomic E-state index is 0.888. The van der Waals surface area contributed by atoms with E-state index < -0.39 is 0 Å². The van der Waals surface area contributed by atoms with Crippen LogP contribution >= 0.6 is 9.24 Å². The Balaban J connectivity index is 3.05. The molecule has 0 nitrogen and oxygen atoms in total. The second-order valence-corrected chi connectivity index (χ2v) is 7.49. The zero-order chi connectivity index (χ0) is 15.6. The summed E-state index contributed by atoms with van der Waals surface area (Å²) in [4.78, 5) is 0. The van der Waals surface area contributed by atoms with Gasteiger partial charge in [-0.05, 0) is 44.2 Å². The summed E-state index contributed by atoms with van der Waals surface area (Å²) in [5, 5.41) is 0. The van der Waals surface area contributed by atoms with Crippen molar-refractivity contribution in [2.75, 3.05) is 6.16 Å². The molecule has 0 saturated carbocycles. The predicted octanol–water partition coefficient (Wildman–Crippen LogP) is 7.54. The van der Waals surface area contributed by atoms with Crippen molar-refractivity contribution in [3.05, 3.63) is 12.2 Å². The summed E-state index contributed by atoms with van der Waals surface area (Å²) in [6, 6.07) is 0. The molecule has 0 saturated heterocycles. The fraction of sp³-hybridized carbons (Fsp3) is 0.900. The number of hydrogen-bond donors (Lipinski definition) is 0. The molecule has 0 aliphatic heterocycles. The lowest BCUT2D eigenvalue weighted by Gasteiger charge is -2.03. The molecule has 0 rings (SSSR count). The number of unbranched alkanes of at least 4 members (excludes halogenated alkanes) is 11. The van der Waals surface area contributed by atoms with Gasteiger partial charge >= 0.3 is 0 Å². The Bertz CT molecular complexity index is 208. The zero-order valence-corrected chi connectivity index (χ0v) is 16.1. The van der Waals surface area contributed by atoms with Crippen LogP contribution in [0.1, 0.15) is 104 Å². The van der Waals surface area contributed by atoms with Crippen molar-refractivity contribution in [3.8, 4) is 0 Å². The van der Waals surface area contributed by atoms with Gasteiger partial charge in [-0.15, -0.1) is 9.24 Å². The summed E-state index contributed by atoms with van der Waals surface area (Å²) < 4.78 is 0. The van der Waals surface area contributed by atoms with Crippen LogP contribution < -0.4 is 0 Å². The molecule has 0 bridgehead atoms. The van der Waals surface area contributed by atoms with Gasteiger partial charge in [0.2, 0.25) is 0 Å². The summed E-state index contributed by atoms with van der Waals surface area (Å²) in [7, 11) is 2.82. The normalized spacial score (nSPS) is 11.8. The van der Waals surface area contributed by atoms with E-state index in [0.717, 1.165) is 5.92 Å². The molecule has 0 N–H and O–H groups in total. The van der Waals surface area contributed by atoms with Crippen molar-refractivity contribution < 1.29 is 0 Å². The van der Waals surface area contributed by atoms with Crippen LogP contribution in [0.15, 0.2) is 12.2 Å². The molecule has 0 aromatic carbocycles. The molecular formula is C20H41P. The highest BCUT2D eigenvalue weighted by Crippen LogP contribution is 2.12. The summed E-state index contributed by atoms with van der Waals surface area (Å²) in [6.45, 7) is 4.66. The van der Waals surface area contributed by atoms with Gasteiger partial charge in [0, 0.05) is 0 Å². The fourth-order valence-corrected chi connectivity index (χ4v) is 2.98. The standard InChI is InChI=1S/C20H41P/c1-20(2)18-16-14-12-10-8-6-4-3-5-7-9-11-13-15-17-19-21/h3-4,20H,5-19,21H2,1-2H3. The Morgan fingerprint density at radius 1 is 0.619 bits per heavy atom. The average molecular weight is 313 g/mol. The smallest absolute Gasteiger partial charge is 0.0351 e. The van der Waals surface area contributed by atoms with E-state index in [1.54, 1.807) is 0 Å². The Labute approximate surface area is 137 Å². The second kappa shape index (κ2) is 18.2. The zero-order valence-electron chi connectivity index (χ0n) is 14.9. The summed E-state index contributed by atoms with van der Waals surface area (Å²) >= 11 is 0. The van der Waals surface area contributed by atoms with Gasteiger partial charge in [-0.1, -0.05) is 83.8 Å². The van der Waals surface area contributed by atoms with Crippen LogP contribution in [0.4, 0.5) is 0 Å². The van der Waals surface area contributed by atoms with Crippen LogP contribution in [-0.4, -0.2) is 6.16 Å². The van der Waals surface area contributed by atoms with E-state index in [1.807, 2.05) is 0 Å². The molecule has 0 aliphatic carbocycles. The molecule has 1 unspecified atom stereocenters. The molecule has 0 aromatic rings. The Hall–Kier alpha value is 0.170. The highest BCUT2D eigenvalue weighted by Gasteiger charge is 1.94. The molecule has 0 spiro atoms. The lowest BCUT2D eigenvalue weighted by molar-refractivity contribution is 0.516. The maximum Gasteiger partial charge on any atom is -0.0351 e. The van der Waals surface area contributed by atoms with E-state index in [-0.39, 0.29) is 0 Å². The summed E-state index contributed by atoms with van der Waals surface area (Å²) in [6.07, 6.45) is 25.8. The monoisotopic (exact) mass is 312 g/mol. The third-order valence-electron chi connectivity index (χ3n) is 4.14. The van der Waals surface area contributed by atoms with Crippen LogP contribution in [0.5, 0.6) is 0 Å². The van der Waals surface area contributed by atoms with Crippen LogP contribution in [0.2, 0.25) is 0 Å². The van der Waals surface area contributed by atoms with E-state index in [0.29, 0.717) is 0 Å². The van der Waals surface area contributed by atoms with Gasteiger partial charge in [-0.3, -0.25) is 0 Å². The SMILES string of the molecule is CC(C)CCCCCCCC=CCCCCCCCCP. The molecule has 0 heterocycles. The van der Waals surface area contributed by atoms with Crippen molar-refractivity contribution in [2.24, 2.45) is 5.92 Å². The minimum Gasteiger partial charge on any atom is -0.138 e. The molecule has 0 aromatic heterocycles. The molecule has 0 aliphatic rings. The molecule has 0 fully saturated rings. The Morgan fingerprint density at radius 2 is 1.05 bits per heavy atom. The van der Waals surface area contributed by atoms with Gasteiger partial charge in [0.1, 0.15) is 0 Å². The van der Waals surface area contributed by atoms with E-state index in [4.69, 9.17) is 0 Å². The van der Waals surface area contributed by atoms with Gasteiger partial charge in [0.05, 0.1) is 0 Å². The maximum atomic E-state index is 2.82. The minimum atomic E-state index is 0.888. The molecule has 1 heteroatoms. The number of allylic oxidation sites excluding steroid dienone is 2. The second-order valence-electron chi connectivity index (χ2n) is 6.91. The molecular weight excluding hydrogens is 271 g/mol. The largest absolute Gasteiger partial charge is 0.138 e. The van der Waals surface area contributed by atoms with Crippen LogP contribution in [0.25, 0.3) is 0 Å². The number of rotatable bonds is 16. The van der Waals surface area contributed by atoms with E-state index in [1.165, 1.54) is 96.1 Å². The lowest BCUT2D eigenvalue weighted by atomic mass is 10.0. The first-order chi connectivity index (χ1) is 10.3. The highest BCUT2D eigenvalue weighted by atomic mass is 31.0. The van der Waals surface area contributed by atoms with Gasteiger partial charge in [0.15, 0.2) is 0 Å². The van der Waals surface area contributed by atoms with Crippen molar-refractivity contribution in [3.63, 3.8) is 0 Å².